The Kier molecular flexibility index (Phi) is 4.13. The average molecular weight is 400 g/mol. The summed E-state index contributed by atoms with van der Waals surface area (Å²) in [7, 11) is 0. The molecular weight excluding hydrogens is 386 g/mol. The Morgan fingerprint density at radius 2 is 1.67 bits per heavy atom. The van der Waals surface area contributed by atoms with Gasteiger partial charge in [-0.3, -0.25) is 0 Å². The van der Waals surface area contributed by atoms with Crippen molar-refractivity contribution in [3.05, 3.63) is 34.2 Å². The summed E-state index contributed by atoms with van der Waals surface area (Å²) >= 11 is 2.19. The van der Waals surface area contributed by atoms with Crippen LogP contribution in [0.3, 0.4) is 0 Å². The molecule has 0 N–H and O–H groups in total. The lowest BCUT2D eigenvalue weighted by atomic mass is 10.2. The molecule has 2 aromatic rings. The maximum atomic E-state index is 12.9. The lowest BCUT2D eigenvalue weighted by Gasteiger charge is -2.39. The average Bonchev–Trinajstić information content (AvgIpc) is 2.49. The summed E-state index contributed by atoms with van der Waals surface area (Å²) < 4.78 is 13.9. The predicted molar refractivity (Wildman–Crippen MR) is 85.8 cm³/mol. The van der Waals surface area contributed by atoms with Gasteiger partial charge in [-0.1, -0.05) is 0 Å². The first-order valence-corrected chi connectivity index (χ1v) is 7.68. The van der Waals surface area contributed by atoms with Crippen molar-refractivity contribution in [3.8, 4) is 0 Å². The van der Waals surface area contributed by atoms with Crippen molar-refractivity contribution in [2.45, 2.75) is 13.0 Å². The molecule has 0 radical (unpaired) electrons. The van der Waals surface area contributed by atoms with Crippen molar-refractivity contribution in [3.63, 3.8) is 0 Å². The zero-order chi connectivity index (χ0) is 14.8. The fourth-order valence-corrected chi connectivity index (χ4v) is 2.64. The largest absolute Gasteiger partial charge is 0.337 e. The van der Waals surface area contributed by atoms with E-state index in [1.54, 1.807) is 0 Å². The monoisotopic (exact) mass is 400 g/mol. The van der Waals surface area contributed by atoms with Gasteiger partial charge in [0.15, 0.2) is 5.82 Å². The molecule has 0 amide bonds. The second-order valence-corrected chi connectivity index (χ2v) is 6.14. The van der Waals surface area contributed by atoms with E-state index < -0.39 is 5.82 Å². The fraction of sp³-hybridized carbons (Fsp3) is 0.385. The molecule has 0 aromatic carbocycles. The van der Waals surface area contributed by atoms with Crippen LogP contribution in [0.5, 0.6) is 0 Å². The van der Waals surface area contributed by atoms with Crippen molar-refractivity contribution >= 4 is 34.5 Å². The van der Waals surface area contributed by atoms with Crippen LogP contribution in [0, 0.1) is 9.39 Å². The van der Waals surface area contributed by atoms with E-state index in [-0.39, 0.29) is 6.04 Å². The van der Waals surface area contributed by atoms with Crippen LogP contribution in [0.4, 0.5) is 16.3 Å². The molecule has 6 nitrogen and oxygen atoms in total. The highest BCUT2D eigenvalue weighted by Crippen LogP contribution is 2.19. The van der Waals surface area contributed by atoms with E-state index in [2.05, 4.69) is 59.3 Å². The zero-order valence-corrected chi connectivity index (χ0v) is 13.6. The molecule has 21 heavy (non-hydrogen) atoms. The number of anilines is 2. The van der Waals surface area contributed by atoms with Gasteiger partial charge in [-0.2, -0.15) is 0 Å². The quantitative estimate of drug-likeness (QED) is 0.716. The Morgan fingerprint density at radius 1 is 1.05 bits per heavy atom. The number of halogens is 2. The van der Waals surface area contributed by atoms with E-state index in [4.69, 9.17) is 0 Å². The van der Waals surface area contributed by atoms with Gasteiger partial charge < -0.3 is 9.80 Å². The summed E-state index contributed by atoms with van der Waals surface area (Å²) in [5.74, 6) is 0.881. The van der Waals surface area contributed by atoms with Gasteiger partial charge in [0, 0.05) is 41.6 Å². The highest BCUT2D eigenvalue weighted by Gasteiger charge is 2.26. The van der Waals surface area contributed by atoms with E-state index in [0.717, 1.165) is 29.2 Å². The first kappa shape index (κ1) is 14.4. The van der Waals surface area contributed by atoms with Gasteiger partial charge in [-0.05, 0) is 29.5 Å². The first-order chi connectivity index (χ1) is 10.1. The number of nitrogens with zero attached hydrogens (tertiary/aromatic N) is 6. The molecule has 1 saturated heterocycles. The molecule has 0 spiro atoms. The smallest absolute Gasteiger partial charge is 0.225 e. The predicted octanol–water partition coefficient (Wildman–Crippen LogP) is 1.73. The molecule has 0 saturated carbocycles. The molecule has 1 atom stereocenters. The molecule has 2 aromatic heterocycles. The van der Waals surface area contributed by atoms with Crippen LogP contribution in [0.1, 0.15) is 6.92 Å². The lowest BCUT2D eigenvalue weighted by molar-refractivity contribution is 0.530. The van der Waals surface area contributed by atoms with Crippen molar-refractivity contribution < 1.29 is 4.39 Å². The molecule has 1 aliphatic heterocycles. The zero-order valence-electron chi connectivity index (χ0n) is 11.4. The molecular formula is C13H14FIN6. The minimum Gasteiger partial charge on any atom is -0.337 e. The third-order valence-electron chi connectivity index (χ3n) is 3.38. The van der Waals surface area contributed by atoms with Crippen molar-refractivity contribution in [1.29, 1.82) is 0 Å². The number of piperazine rings is 1. The molecule has 1 fully saturated rings. The Labute approximate surface area is 135 Å². The summed E-state index contributed by atoms with van der Waals surface area (Å²) in [6, 6.07) is 0.201. The number of hydrogen-bond acceptors (Lipinski definition) is 6. The molecule has 110 valence electrons. The summed E-state index contributed by atoms with van der Waals surface area (Å²) in [5.41, 5.74) is 0. The summed E-state index contributed by atoms with van der Waals surface area (Å²) in [5, 5.41) is 0. The summed E-state index contributed by atoms with van der Waals surface area (Å²) in [6.45, 7) is 4.40. The van der Waals surface area contributed by atoms with Crippen LogP contribution in [-0.2, 0) is 0 Å². The molecule has 1 aliphatic rings. The van der Waals surface area contributed by atoms with Crippen LogP contribution in [0.2, 0.25) is 0 Å². The Bertz CT molecular complexity index is 605. The minimum atomic E-state index is -0.419. The van der Waals surface area contributed by atoms with Crippen LogP contribution in [-0.4, -0.2) is 45.6 Å². The highest BCUT2D eigenvalue weighted by molar-refractivity contribution is 14.1. The lowest BCUT2D eigenvalue weighted by Crippen LogP contribution is -2.53. The van der Waals surface area contributed by atoms with E-state index in [1.807, 2.05) is 12.4 Å². The summed E-state index contributed by atoms with van der Waals surface area (Å²) in [4.78, 5) is 21.0. The third-order valence-corrected chi connectivity index (χ3v) is 3.94. The second-order valence-electron chi connectivity index (χ2n) is 4.89. The topological polar surface area (TPSA) is 58.0 Å². The maximum absolute atomic E-state index is 12.9. The minimum absolute atomic E-state index is 0.201. The SMILES string of the molecule is C[C@H]1CN(c2ncc(I)cn2)CCN1c1ncc(F)cn1. The standard InChI is InChI=1S/C13H14FIN6/c1-9-8-20(12-18-6-11(15)7-19-12)2-3-21(9)13-16-4-10(14)5-17-13/h4-7,9H,2-3,8H2,1H3/t9-/m0/s1. The molecule has 0 bridgehead atoms. The number of rotatable bonds is 2. The maximum Gasteiger partial charge on any atom is 0.225 e. The van der Waals surface area contributed by atoms with Crippen molar-refractivity contribution in [2.24, 2.45) is 0 Å². The molecule has 0 aliphatic carbocycles. The van der Waals surface area contributed by atoms with Gasteiger partial charge in [-0.15, -0.1) is 0 Å². The van der Waals surface area contributed by atoms with E-state index in [1.165, 1.54) is 12.4 Å². The second kappa shape index (κ2) is 6.04. The third kappa shape index (κ3) is 3.20. The molecule has 8 heteroatoms. The van der Waals surface area contributed by atoms with Crippen molar-refractivity contribution in [2.75, 3.05) is 29.4 Å². The normalized spacial score (nSPS) is 18.9. The first-order valence-electron chi connectivity index (χ1n) is 6.60. The Balaban J connectivity index is 1.72. The number of hydrogen-bond donors (Lipinski definition) is 0. The van der Waals surface area contributed by atoms with Crippen molar-refractivity contribution in [1.82, 2.24) is 19.9 Å². The molecule has 0 unspecified atom stereocenters. The van der Waals surface area contributed by atoms with E-state index >= 15 is 0 Å². The van der Waals surface area contributed by atoms with Crippen LogP contribution < -0.4 is 9.80 Å². The number of aromatic nitrogens is 4. The van der Waals surface area contributed by atoms with Gasteiger partial charge >= 0.3 is 0 Å². The van der Waals surface area contributed by atoms with Crippen LogP contribution in [0.15, 0.2) is 24.8 Å². The Hall–Kier alpha value is -1.58. The highest BCUT2D eigenvalue weighted by atomic mass is 127. The molecule has 3 rings (SSSR count). The fourth-order valence-electron chi connectivity index (χ4n) is 2.36. The van der Waals surface area contributed by atoms with Gasteiger partial charge in [0.05, 0.1) is 12.4 Å². The van der Waals surface area contributed by atoms with Gasteiger partial charge in [0.1, 0.15) is 0 Å². The van der Waals surface area contributed by atoms with Gasteiger partial charge in [-0.25, -0.2) is 24.3 Å². The van der Waals surface area contributed by atoms with Crippen LogP contribution >= 0.6 is 22.6 Å². The van der Waals surface area contributed by atoms with E-state index in [0.29, 0.717) is 5.95 Å². The molecule has 3 heterocycles. The van der Waals surface area contributed by atoms with Gasteiger partial charge in [0.2, 0.25) is 11.9 Å². The van der Waals surface area contributed by atoms with Gasteiger partial charge in [0.25, 0.3) is 0 Å². The summed E-state index contributed by atoms with van der Waals surface area (Å²) in [6.07, 6.45) is 6.01. The Morgan fingerprint density at radius 3 is 2.29 bits per heavy atom. The van der Waals surface area contributed by atoms with Crippen LogP contribution in [0.25, 0.3) is 0 Å². The van der Waals surface area contributed by atoms with E-state index in [9.17, 15) is 4.39 Å².